The largest absolute Gasteiger partial charge is 0.376 e. The van der Waals surface area contributed by atoms with Gasteiger partial charge in [0, 0.05) is 13.0 Å². The summed E-state index contributed by atoms with van der Waals surface area (Å²) in [5, 5.41) is 3.22. The van der Waals surface area contributed by atoms with Crippen molar-refractivity contribution in [2.75, 3.05) is 19.7 Å². The van der Waals surface area contributed by atoms with Crippen LogP contribution in [0.15, 0.2) is 0 Å². The highest BCUT2D eigenvalue weighted by Crippen LogP contribution is 2.02. The van der Waals surface area contributed by atoms with Crippen LogP contribution in [0.25, 0.3) is 0 Å². The molecule has 0 amide bonds. The molecule has 2 heteroatoms. The first-order valence-electron chi connectivity index (χ1n) is 3.69. The highest BCUT2D eigenvalue weighted by molar-refractivity contribution is 4.83. The number of hydrogen-bond acceptors (Lipinski definition) is 2. The average Bonchev–Trinajstić information content (AvgIpc) is 2.41. The fourth-order valence-electron chi connectivity index (χ4n) is 1.05. The third kappa shape index (κ3) is 2.38. The van der Waals surface area contributed by atoms with E-state index in [1.807, 2.05) is 0 Å². The van der Waals surface area contributed by atoms with Crippen LogP contribution in [0.3, 0.4) is 0 Å². The van der Waals surface area contributed by atoms with Gasteiger partial charge in [0.1, 0.15) is 0 Å². The van der Waals surface area contributed by atoms with Gasteiger partial charge in [-0.05, 0) is 13.0 Å². The summed E-state index contributed by atoms with van der Waals surface area (Å²) < 4.78 is 5.44. The summed E-state index contributed by atoms with van der Waals surface area (Å²) in [5.41, 5.74) is 0. The van der Waals surface area contributed by atoms with E-state index in [1.54, 1.807) is 0 Å². The predicted molar refractivity (Wildman–Crippen MR) is 40.7 cm³/mol. The van der Waals surface area contributed by atoms with E-state index < -0.39 is 0 Å². The summed E-state index contributed by atoms with van der Waals surface area (Å²) in [6, 6.07) is 0. The van der Waals surface area contributed by atoms with Crippen molar-refractivity contribution >= 4 is 0 Å². The Morgan fingerprint density at radius 1 is 1.70 bits per heavy atom. The van der Waals surface area contributed by atoms with E-state index in [9.17, 15) is 0 Å². The summed E-state index contributed by atoms with van der Waals surface area (Å²) in [6.07, 6.45) is 7.34. The maximum Gasteiger partial charge on any atom is 0.0712 e. The quantitative estimate of drug-likeness (QED) is 0.451. The fraction of sp³-hybridized carbons (Fsp3) is 0.750. The lowest BCUT2D eigenvalue weighted by Gasteiger charge is -2.07. The lowest BCUT2D eigenvalue weighted by atomic mass is 10.3. The molecule has 1 N–H and O–H groups in total. The zero-order chi connectivity index (χ0) is 7.23. The number of hydrogen-bond donors (Lipinski definition) is 1. The summed E-state index contributed by atoms with van der Waals surface area (Å²) in [7, 11) is 0. The monoisotopic (exact) mass is 139 g/mol. The Bertz CT molecular complexity index is 122. The maximum absolute atomic E-state index is 5.44. The van der Waals surface area contributed by atoms with Gasteiger partial charge in [-0.25, -0.2) is 0 Å². The van der Waals surface area contributed by atoms with E-state index in [0.29, 0.717) is 12.7 Å². The first kappa shape index (κ1) is 7.59. The molecular weight excluding hydrogens is 126 g/mol. The van der Waals surface area contributed by atoms with E-state index in [2.05, 4.69) is 11.2 Å². The zero-order valence-corrected chi connectivity index (χ0v) is 6.10. The summed E-state index contributed by atoms with van der Waals surface area (Å²) in [5.74, 6) is 2.55. The predicted octanol–water partition coefficient (Wildman–Crippen LogP) is 0.388. The molecule has 0 aromatic rings. The summed E-state index contributed by atoms with van der Waals surface area (Å²) in [6.45, 7) is 2.79. The van der Waals surface area contributed by atoms with E-state index >= 15 is 0 Å². The van der Waals surface area contributed by atoms with Crippen molar-refractivity contribution in [2.24, 2.45) is 0 Å². The molecule has 1 unspecified atom stereocenters. The van der Waals surface area contributed by atoms with Crippen molar-refractivity contribution in [3.8, 4) is 12.3 Å². The number of ether oxygens (including phenoxy) is 1. The second kappa shape index (κ2) is 4.32. The highest BCUT2D eigenvalue weighted by atomic mass is 16.5. The number of nitrogens with one attached hydrogen (secondary N) is 1. The van der Waals surface area contributed by atoms with Crippen LogP contribution in [0, 0.1) is 12.3 Å². The van der Waals surface area contributed by atoms with Crippen LogP contribution in [0.2, 0.25) is 0 Å². The van der Waals surface area contributed by atoms with Crippen LogP contribution in [-0.4, -0.2) is 25.8 Å². The molecule has 1 rings (SSSR count). The van der Waals surface area contributed by atoms with Crippen molar-refractivity contribution in [1.82, 2.24) is 5.32 Å². The number of terminal acetylenes is 1. The maximum atomic E-state index is 5.44. The van der Waals surface area contributed by atoms with Crippen LogP contribution in [0.4, 0.5) is 0 Å². The molecule has 0 spiro atoms. The van der Waals surface area contributed by atoms with E-state index in [0.717, 1.165) is 25.9 Å². The lowest BCUT2D eigenvalue weighted by Crippen LogP contribution is -2.16. The van der Waals surface area contributed by atoms with E-state index in [4.69, 9.17) is 11.2 Å². The standard InChI is InChI=1S/C8H13NO/c1-2-3-6-10-8-4-5-9-7-8/h1,8-9H,3-7H2. The summed E-state index contributed by atoms with van der Waals surface area (Å²) >= 11 is 0. The van der Waals surface area contributed by atoms with Crippen molar-refractivity contribution in [3.05, 3.63) is 0 Å². The molecule has 2 nitrogen and oxygen atoms in total. The molecule has 0 saturated carbocycles. The van der Waals surface area contributed by atoms with Gasteiger partial charge in [0.15, 0.2) is 0 Å². The molecule has 0 aliphatic carbocycles. The van der Waals surface area contributed by atoms with Gasteiger partial charge in [0.05, 0.1) is 12.7 Å². The highest BCUT2D eigenvalue weighted by Gasteiger charge is 2.13. The van der Waals surface area contributed by atoms with Gasteiger partial charge in [0.2, 0.25) is 0 Å². The second-order valence-corrected chi connectivity index (χ2v) is 2.44. The minimum Gasteiger partial charge on any atom is -0.376 e. The molecule has 0 bridgehead atoms. The lowest BCUT2D eigenvalue weighted by molar-refractivity contribution is 0.0715. The Balaban J connectivity index is 1.97. The van der Waals surface area contributed by atoms with Gasteiger partial charge >= 0.3 is 0 Å². The van der Waals surface area contributed by atoms with Crippen LogP contribution in [0.1, 0.15) is 12.8 Å². The molecule has 1 saturated heterocycles. The third-order valence-corrected chi connectivity index (χ3v) is 1.62. The van der Waals surface area contributed by atoms with E-state index in [1.165, 1.54) is 0 Å². The van der Waals surface area contributed by atoms with Gasteiger partial charge in [-0.3, -0.25) is 0 Å². The Morgan fingerprint density at radius 2 is 2.60 bits per heavy atom. The molecule has 56 valence electrons. The van der Waals surface area contributed by atoms with Crippen molar-refractivity contribution < 1.29 is 4.74 Å². The molecule has 0 radical (unpaired) electrons. The first-order valence-corrected chi connectivity index (χ1v) is 3.69. The molecular formula is C8H13NO. The average molecular weight is 139 g/mol. The minimum absolute atomic E-state index is 0.411. The molecule has 1 heterocycles. The van der Waals surface area contributed by atoms with Crippen LogP contribution >= 0.6 is 0 Å². The molecule has 10 heavy (non-hydrogen) atoms. The molecule has 1 atom stereocenters. The topological polar surface area (TPSA) is 21.3 Å². The van der Waals surface area contributed by atoms with Crippen LogP contribution in [-0.2, 0) is 4.74 Å². The van der Waals surface area contributed by atoms with Crippen molar-refractivity contribution in [2.45, 2.75) is 18.9 Å². The number of rotatable bonds is 3. The minimum atomic E-state index is 0.411. The van der Waals surface area contributed by atoms with Gasteiger partial charge in [0.25, 0.3) is 0 Å². The van der Waals surface area contributed by atoms with Crippen LogP contribution in [0.5, 0.6) is 0 Å². The molecule has 1 fully saturated rings. The van der Waals surface area contributed by atoms with Crippen LogP contribution < -0.4 is 5.32 Å². The Hall–Kier alpha value is -0.520. The smallest absolute Gasteiger partial charge is 0.0712 e. The second-order valence-electron chi connectivity index (χ2n) is 2.44. The molecule has 0 aromatic heterocycles. The fourth-order valence-corrected chi connectivity index (χ4v) is 1.05. The normalized spacial score (nSPS) is 24.5. The van der Waals surface area contributed by atoms with Crippen molar-refractivity contribution in [1.29, 1.82) is 0 Å². The SMILES string of the molecule is C#CCCOC1CCNC1. The van der Waals surface area contributed by atoms with Gasteiger partial charge in [-0.1, -0.05) is 0 Å². The third-order valence-electron chi connectivity index (χ3n) is 1.62. The summed E-state index contributed by atoms with van der Waals surface area (Å²) in [4.78, 5) is 0. The molecule has 1 aliphatic heterocycles. The zero-order valence-electron chi connectivity index (χ0n) is 6.10. The molecule has 0 aromatic carbocycles. The van der Waals surface area contributed by atoms with Gasteiger partial charge < -0.3 is 10.1 Å². The Labute approximate surface area is 62.0 Å². The van der Waals surface area contributed by atoms with E-state index in [-0.39, 0.29) is 0 Å². The van der Waals surface area contributed by atoms with Crippen molar-refractivity contribution in [3.63, 3.8) is 0 Å². The van der Waals surface area contributed by atoms with Gasteiger partial charge in [-0.2, -0.15) is 0 Å². The molecule has 1 aliphatic rings. The Morgan fingerprint density at radius 3 is 3.20 bits per heavy atom. The first-order chi connectivity index (χ1) is 4.93. The van der Waals surface area contributed by atoms with Gasteiger partial charge in [-0.15, -0.1) is 12.3 Å². The Kier molecular flexibility index (Phi) is 3.28.